The zero-order valence-electron chi connectivity index (χ0n) is 22.3. The molecule has 2 saturated heterocycles. The molecule has 1 N–H and O–H groups in total. The van der Waals surface area contributed by atoms with Crippen LogP contribution in [0, 0.1) is 12.7 Å². The Morgan fingerprint density at radius 2 is 1.66 bits per heavy atom. The number of amides is 3. The number of aryl methyl sites for hydroxylation is 1. The van der Waals surface area contributed by atoms with E-state index in [4.69, 9.17) is 0 Å². The topological polar surface area (TPSA) is 55.9 Å². The predicted molar refractivity (Wildman–Crippen MR) is 139 cm³/mol. The smallest absolute Gasteiger partial charge is 0.337 e. The Labute approximate surface area is 238 Å². The van der Waals surface area contributed by atoms with Crippen molar-refractivity contribution in [2.45, 2.75) is 50.7 Å². The second-order valence-electron chi connectivity index (χ2n) is 10.2. The first-order valence-electron chi connectivity index (χ1n) is 12.7. The standard InChI is InChI=1S/C27H29F7N4O2.ClH/c1-16-9-20(28)3-4-22(16)23-13-21(37-8-6-35-14-24(37)39)5-7-38(23)25(40)36(2)15-17-10-18(26(29,30)31)12-19(11-17)27(32,33)34;/h3-4,9-12,21,23,35H,5-8,13-15H2,1-2H3;1H/t21-,23-;/m1./s1. The fourth-order valence-corrected chi connectivity index (χ4v) is 5.45. The summed E-state index contributed by atoms with van der Waals surface area (Å²) in [5, 5.41) is 3.01. The molecule has 2 aliphatic heterocycles. The lowest BCUT2D eigenvalue weighted by Gasteiger charge is -2.46. The number of urea groups is 1. The zero-order chi connectivity index (χ0) is 29.4. The van der Waals surface area contributed by atoms with Gasteiger partial charge in [-0.2, -0.15) is 26.3 Å². The number of nitrogens with one attached hydrogen (secondary N) is 1. The van der Waals surface area contributed by atoms with Crippen molar-refractivity contribution in [3.63, 3.8) is 0 Å². The maximum absolute atomic E-state index is 13.9. The largest absolute Gasteiger partial charge is 0.416 e. The maximum Gasteiger partial charge on any atom is 0.416 e. The van der Waals surface area contributed by atoms with Crippen molar-refractivity contribution in [2.75, 3.05) is 33.2 Å². The summed E-state index contributed by atoms with van der Waals surface area (Å²) in [6.07, 6.45) is -9.23. The number of benzene rings is 2. The van der Waals surface area contributed by atoms with Crippen LogP contribution in [0.4, 0.5) is 35.5 Å². The van der Waals surface area contributed by atoms with Crippen LogP contribution in [-0.2, 0) is 23.7 Å². The number of likely N-dealkylation sites (tertiary alicyclic amines) is 1. The molecule has 2 atom stereocenters. The van der Waals surface area contributed by atoms with Crippen LogP contribution in [0.3, 0.4) is 0 Å². The van der Waals surface area contributed by atoms with E-state index in [0.29, 0.717) is 49.2 Å². The van der Waals surface area contributed by atoms with E-state index in [1.54, 1.807) is 17.9 Å². The zero-order valence-corrected chi connectivity index (χ0v) is 23.1. The third kappa shape index (κ3) is 7.42. The number of rotatable bonds is 4. The molecule has 3 amide bonds. The number of halogens is 8. The highest BCUT2D eigenvalue weighted by atomic mass is 35.5. The van der Waals surface area contributed by atoms with Gasteiger partial charge in [0.2, 0.25) is 5.91 Å². The number of hydrogen-bond donors (Lipinski definition) is 1. The molecule has 2 aliphatic rings. The predicted octanol–water partition coefficient (Wildman–Crippen LogP) is 5.78. The normalized spacial score (nSPS) is 20.1. The van der Waals surface area contributed by atoms with Gasteiger partial charge in [-0.3, -0.25) is 4.79 Å². The van der Waals surface area contributed by atoms with Gasteiger partial charge in [0.25, 0.3) is 0 Å². The summed E-state index contributed by atoms with van der Waals surface area (Å²) in [7, 11) is 1.30. The van der Waals surface area contributed by atoms with Crippen molar-refractivity contribution in [3.05, 3.63) is 70.0 Å². The van der Waals surface area contributed by atoms with Crippen LogP contribution >= 0.6 is 12.4 Å². The summed E-state index contributed by atoms with van der Waals surface area (Å²) in [4.78, 5) is 30.5. The highest BCUT2D eigenvalue weighted by Gasteiger charge is 2.40. The Hall–Kier alpha value is -3.06. The monoisotopic (exact) mass is 610 g/mol. The third-order valence-electron chi connectivity index (χ3n) is 7.37. The molecule has 0 bridgehead atoms. The van der Waals surface area contributed by atoms with Gasteiger partial charge in [0.15, 0.2) is 0 Å². The molecule has 0 spiro atoms. The van der Waals surface area contributed by atoms with E-state index in [9.17, 15) is 40.3 Å². The average Bonchev–Trinajstić information content (AvgIpc) is 2.87. The molecule has 0 aromatic heterocycles. The molecular formula is C27H30ClF7N4O2. The van der Waals surface area contributed by atoms with E-state index in [1.807, 2.05) is 0 Å². The van der Waals surface area contributed by atoms with Crippen LogP contribution in [-0.4, -0.2) is 65.9 Å². The van der Waals surface area contributed by atoms with Crippen LogP contribution in [0.1, 0.15) is 46.7 Å². The van der Waals surface area contributed by atoms with Gasteiger partial charge >= 0.3 is 18.4 Å². The fraction of sp³-hybridized carbons (Fsp3) is 0.481. The van der Waals surface area contributed by atoms with Gasteiger partial charge in [0.1, 0.15) is 5.82 Å². The van der Waals surface area contributed by atoms with Crippen molar-refractivity contribution in [2.24, 2.45) is 0 Å². The molecule has 0 unspecified atom stereocenters. The number of nitrogens with zero attached hydrogens (tertiary/aromatic N) is 3. The molecule has 226 valence electrons. The average molecular weight is 611 g/mol. The van der Waals surface area contributed by atoms with Crippen LogP contribution < -0.4 is 5.32 Å². The molecule has 6 nitrogen and oxygen atoms in total. The van der Waals surface area contributed by atoms with E-state index in [0.717, 1.165) is 4.90 Å². The first-order chi connectivity index (χ1) is 18.6. The first kappa shape index (κ1) is 32.5. The van der Waals surface area contributed by atoms with Crippen LogP contribution in [0.5, 0.6) is 0 Å². The van der Waals surface area contributed by atoms with Gasteiger partial charge in [0, 0.05) is 39.3 Å². The van der Waals surface area contributed by atoms with Crippen molar-refractivity contribution < 1.29 is 40.3 Å². The van der Waals surface area contributed by atoms with Gasteiger partial charge in [-0.15, -0.1) is 12.4 Å². The van der Waals surface area contributed by atoms with Crippen LogP contribution in [0.2, 0.25) is 0 Å². The van der Waals surface area contributed by atoms with Gasteiger partial charge in [0.05, 0.1) is 23.7 Å². The number of hydrogen-bond acceptors (Lipinski definition) is 3. The molecule has 41 heavy (non-hydrogen) atoms. The number of alkyl halides is 6. The summed E-state index contributed by atoms with van der Waals surface area (Å²) in [6, 6.07) is 3.98. The molecule has 0 aliphatic carbocycles. The van der Waals surface area contributed by atoms with E-state index >= 15 is 0 Å². The summed E-state index contributed by atoms with van der Waals surface area (Å²) in [6.45, 7) is 2.67. The highest BCUT2D eigenvalue weighted by Crippen LogP contribution is 2.38. The van der Waals surface area contributed by atoms with Crippen LogP contribution in [0.25, 0.3) is 0 Å². The maximum atomic E-state index is 13.9. The van der Waals surface area contributed by atoms with E-state index in [2.05, 4.69) is 5.32 Å². The van der Waals surface area contributed by atoms with Crippen molar-refractivity contribution in [3.8, 4) is 0 Å². The lowest BCUT2D eigenvalue weighted by atomic mass is 9.88. The Bertz CT molecular complexity index is 1240. The molecule has 2 fully saturated rings. The highest BCUT2D eigenvalue weighted by molar-refractivity contribution is 5.85. The molecule has 2 aromatic carbocycles. The SMILES string of the molecule is Cc1cc(F)ccc1[C@H]1C[C@H](N2CCNCC2=O)CCN1C(=O)N(C)Cc1cc(C(F)(F)F)cc(C(F)(F)F)c1.Cl. The van der Waals surface area contributed by atoms with Crippen molar-refractivity contribution in [1.82, 2.24) is 20.0 Å². The molecule has 0 saturated carbocycles. The second kappa shape index (κ2) is 12.4. The molecule has 2 aromatic rings. The Kier molecular flexibility index (Phi) is 9.84. The minimum absolute atomic E-state index is 0. The fourth-order valence-electron chi connectivity index (χ4n) is 5.45. The van der Waals surface area contributed by atoms with E-state index in [1.165, 1.54) is 24.1 Å². The van der Waals surface area contributed by atoms with Gasteiger partial charge in [-0.25, -0.2) is 9.18 Å². The Morgan fingerprint density at radius 1 is 1.02 bits per heavy atom. The molecule has 14 heteroatoms. The third-order valence-corrected chi connectivity index (χ3v) is 7.37. The van der Waals surface area contributed by atoms with Gasteiger partial charge in [-0.05, 0) is 66.8 Å². The van der Waals surface area contributed by atoms with E-state index < -0.39 is 47.9 Å². The quantitative estimate of drug-likeness (QED) is 0.447. The Morgan fingerprint density at radius 3 is 2.22 bits per heavy atom. The summed E-state index contributed by atoms with van der Waals surface area (Å²) >= 11 is 0. The number of carbonyl (C=O) groups is 2. The number of piperidine rings is 1. The van der Waals surface area contributed by atoms with Crippen molar-refractivity contribution in [1.29, 1.82) is 0 Å². The molecule has 0 radical (unpaired) electrons. The molecule has 2 heterocycles. The lowest BCUT2D eigenvalue weighted by molar-refractivity contribution is -0.143. The number of piperazine rings is 1. The number of carbonyl (C=O) groups excluding carboxylic acids is 2. The first-order valence-corrected chi connectivity index (χ1v) is 12.7. The Balaban J connectivity index is 0.00000462. The second-order valence-corrected chi connectivity index (χ2v) is 10.2. The molecule has 4 rings (SSSR count). The summed E-state index contributed by atoms with van der Waals surface area (Å²) in [5.41, 5.74) is -2.02. The minimum atomic E-state index is -5.01. The van der Waals surface area contributed by atoms with Gasteiger partial charge in [-0.1, -0.05) is 6.07 Å². The molecular weight excluding hydrogens is 581 g/mol. The minimum Gasteiger partial charge on any atom is -0.337 e. The van der Waals surface area contributed by atoms with Crippen molar-refractivity contribution >= 4 is 24.3 Å². The van der Waals surface area contributed by atoms with Gasteiger partial charge < -0.3 is 20.0 Å². The van der Waals surface area contributed by atoms with E-state index in [-0.39, 0.29) is 49.1 Å². The van der Waals surface area contributed by atoms with Crippen LogP contribution in [0.15, 0.2) is 36.4 Å². The summed E-state index contributed by atoms with van der Waals surface area (Å²) < 4.78 is 93.9. The summed E-state index contributed by atoms with van der Waals surface area (Å²) in [5.74, 6) is -0.543. The lowest BCUT2D eigenvalue weighted by Crippen LogP contribution is -2.57.